The molecular formula is C23H31N3O5S. The predicted octanol–water partition coefficient (Wildman–Crippen LogP) is 2.69. The van der Waals surface area contributed by atoms with Crippen LogP contribution in [0.2, 0.25) is 0 Å². The molecule has 3 heterocycles. The van der Waals surface area contributed by atoms with Gasteiger partial charge in [-0.25, -0.2) is 8.42 Å². The van der Waals surface area contributed by atoms with Crippen LogP contribution in [0.25, 0.3) is 0 Å². The number of sulfone groups is 1. The Labute approximate surface area is 189 Å². The minimum absolute atomic E-state index is 0.0920. The van der Waals surface area contributed by atoms with Gasteiger partial charge in [-0.05, 0) is 57.4 Å². The third kappa shape index (κ3) is 4.99. The highest BCUT2D eigenvalue weighted by molar-refractivity contribution is 7.91. The van der Waals surface area contributed by atoms with Crippen LogP contribution in [-0.4, -0.2) is 66.9 Å². The molecule has 1 aromatic heterocycles. The molecule has 0 saturated carbocycles. The van der Waals surface area contributed by atoms with E-state index in [0.29, 0.717) is 25.1 Å². The van der Waals surface area contributed by atoms with Crippen LogP contribution in [-0.2, 0) is 21.1 Å². The summed E-state index contributed by atoms with van der Waals surface area (Å²) in [6.45, 7) is 5.58. The lowest BCUT2D eigenvalue weighted by atomic mass is 10.1. The molecule has 4 rings (SSSR count). The van der Waals surface area contributed by atoms with E-state index >= 15 is 0 Å². The third-order valence-corrected chi connectivity index (χ3v) is 8.08. The number of carbonyl (C=O) groups is 1. The van der Waals surface area contributed by atoms with Crippen molar-refractivity contribution >= 4 is 15.7 Å². The van der Waals surface area contributed by atoms with E-state index in [2.05, 4.69) is 5.10 Å². The molecule has 0 radical (unpaired) electrons. The zero-order chi connectivity index (χ0) is 22.9. The van der Waals surface area contributed by atoms with E-state index in [0.717, 1.165) is 42.1 Å². The first-order valence-electron chi connectivity index (χ1n) is 11.1. The van der Waals surface area contributed by atoms with Gasteiger partial charge in [0.15, 0.2) is 9.84 Å². The Morgan fingerprint density at radius 1 is 1.25 bits per heavy atom. The fourth-order valence-corrected chi connectivity index (χ4v) is 6.13. The van der Waals surface area contributed by atoms with Crippen LogP contribution in [0, 0.1) is 13.8 Å². The molecule has 0 unspecified atom stereocenters. The predicted molar refractivity (Wildman–Crippen MR) is 121 cm³/mol. The van der Waals surface area contributed by atoms with Crippen molar-refractivity contribution in [2.24, 2.45) is 0 Å². The molecule has 0 bridgehead atoms. The molecule has 2 saturated heterocycles. The molecule has 2 aromatic rings. The second-order valence-electron chi connectivity index (χ2n) is 8.78. The summed E-state index contributed by atoms with van der Waals surface area (Å²) in [4.78, 5) is 14.6. The smallest absolute Gasteiger partial charge is 0.253 e. The largest absolute Gasteiger partial charge is 0.491 e. The van der Waals surface area contributed by atoms with Gasteiger partial charge in [0.2, 0.25) is 0 Å². The molecule has 9 heteroatoms. The Morgan fingerprint density at radius 2 is 2.00 bits per heavy atom. The van der Waals surface area contributed by atoms with E-state index in [4.69, 9.17) is 9.47 Å². The van der Waals surface area contributed by atoms with Crippen LogP contribution in [0.1, 0.15) is 52.6 Å². The SMILES string of the molecule is Cc1nn([C@@H]2CCS(=O)(=O)C2)c(C)c1CN(C)C(=O)c1ccc(OC[C@H]2CCCO2)cc1. The van der Waals surface area contributed by atoms with Crippen LogP contribution < -0.4 is 4.74 Å². The van der Waals surface area contributed by atoms with Gasteiger partial charge in [0.1, 0.15) is 12.4 Å². The minimum atomic E-state index is -2.99. The molecule has 0 N–H and O–H groups in total. The summed E-state index contributed by atoms with van der Waals surface area (Å²) in [5, 5.41) is 4.60. The van der Waals surface area contributed by atoms with Crippen molar-refractivity contribution < 1.29 is 22.7 Å². The molecule has 2 aliphatic rings. The van der Waals surface area contributed by atoms with Gasteiger partial charge in [-0.1, -0.05) is 0 Å². The summed E-state index contributed by atoms with van der Waals surface area (Å²) < 4.78 is 36.9. The lowest BCUT2D eigenvalue weighted by Crippen LogP contribution is -2.26. The Balaban J connectivity index is 1.39. The second-order valence-corrected chi connectivity index (χ2v) is 11.0. The lowest BCUT2D eigenvalue weighted by molar-refractivity contribution is 0.0679. The third-order valence-electron chi connectivity index (χ3n) is 6.33. The fraction of sp³-hybridized carbons (Fsp3) is 0.565. The summed E-state index contributed by atoms with van der Waals surface area (Å²) in [5.74, 6) is 0.964. The van der Waals surface area contributed by atoms with Gasteiger partial charge >= 0.3 is 0 Å². The Hall–Kier alpha value is -2.39. The fourth-order valence-electron chi connectivity index (χ4n) is 4.44. The van der Waals surface area contributed by atoms with Crippen LogP contribution in [0.5, 0.6) is 5.75 Å². The molecule has 8 nitrogen and oxygen atoms in total. The maximum atomic E-state index is 13.0. The van der Waals surface area contributed by atoms with Crippen molar-refractivity contribution in [3.8, 4) is 5.75 Å². The van der Waals surface area contributed by atoms with Crippen LogP contribution >= 0.6 is 0 Å². The van der Waals surface area contributed by atoms with Crippen LogP contribution in [0.15, 0.2) is 24.3 Å². The van der Waals surface area contributed by atoms with Crippen molar-refractivity contribution in [2.45, 2.75) is 51.8 Å². The molecule has 0 spiro atoms. The zero-order valence-corrected chi connectivity index (χ0v) is 19.7. The second kappa shape index (κ2) is 9.23. The van der Waals surface area contributed by atoms with E-state index in [1.807, 2.05) is 30.7 Å². The molecule has 32 heavy (non-hydrogen) atoms. The van der Waals surface area contributed by atoms with E-state index in [1.54, 1.807) is 24.1 Å². The molecule has 0 aliphatic carbocycles. The van der Waals surface area contributed by atoms with E-state index in [-0.39, 0.29) is 29.6 Å². The first-order valence-corrected chi connectivity index (χ1v) is 12.9. The summed E-state index contributed by atoms with van der Waals surface area (Å²) >= 11 is 0. The number of hydrogen-bond acceptors (Lipinski definition) is 6. The van der Waals surface area contributed by atoms with E-state index in [1.165, 1.54) is 0 Å². The summed E-state index contributed by atoms with van der Waals surface area (Å²) in [7, 11) is -1.23. The molecule has 2 aliphatic heterocycles. The average molecular weight is 462 g/mol. The average Bonchev–Trinajstić information content (AvgIpc) is 3.48. The molecule has 174 valence electrons. The van der Waals surface area contributed by atoms with Crippen molar-refractivity contribution in [3.63, 3.8) is 0 Å². The maximum Gasteiger partial charge on any atom is 0.253 e. The van der Waals surface area contributed by atoms with Crippen LogP contribution in [0.4, 0.5) is 0 Å². The van der Waals surface area contributed by atoms with Gasteiger partial charge in [-0.2, -0.15) is 5.10 Å². The highest BCUT2D eigenvalue weighted by atomic mass is 32.2. The van der Waals surface area contributed by atoms with E-state index in [9.17, 15) is 13.2 Å². The van der Waals surface area contributed by atoms with E-state index < -0.39 is 9.84 Å². The number of benzene rings is 1. The Kier molecular flexibility index (Phi) is 6.57. The monoisotopic (exact) mass is 461 g/mol. The van der Waals surface area contributed by atoms with Gasteiger partial charge in [-0.3, -0.25) is 9.48 Å². The number of aryl methyl sites for hydroxylation is 1. The standard InChI is InChI=1S/C23H31N3O5S/c1-16-22(17(2)26(24-16)19-10-12-32(28,29)15-19)13-25(3)23(27)18-6-8-20(9-7-18)31-14-21-5-4-11-30-21/h6-9,19,21H,4-5,10-15H2,1-3H3/t19-,21-/m1/s1. The van der Waals surface area contributed by atoms with Crippen molar-refractivity contribution in [1.29, 1.82) is 0 Å². The molecule has 1 amide bonds. The van der Waals surface area contributed by atoms with Crippen molar-refractivity contribution in [3.05, 3.63) is 46.8 Å². The first-order chi connectivity index (χ1) is 15.2. The Morgan fingerprint density at radius 3 is 2.62 bits per heavy atom. The van der Waals surface area contributed by atoms with Crippen molar-refractivity contribution in [2.75, 3.05) is 31.8 Å². The number of aromatic nitrogens is 2. The van der Waals surface area contributed by atoms with Gasteiger partial charge < -0.3 is 14.4 Å². The Bertz CT molecular complexity index is 1070. The topological polar surface area (TPSA) is 90.7 Å². The molecule has 2 atom stereocenters. The molecular weight excluding hydrogens is 430 g/mol. The van der Waals surface area contributed by atoms with Crippen molar-refractivity contribution in [1.82, 2.24) is 14.7 Å². The number of ether oxygens (including phenoxy) is 2. The molecule has 2 fully saturated rings. The van der Waals surface area contributed by atoms with Gasteiger partial charge in [0, 0.05) is 37.0 Å². The number of hydrogen-bond donors (Lipinski definition) is 0. The number of amides is 1. The number of carbonyl (C=O) groups excluding carboxylic acids is 1. The number of nitrogens with zero attached hydrogens (tertiary/aromatic N) is 3. The number of rotatable bonds is 7. The van der Waals surface area contributed by atoms with Gasteiger partial charge in [-0.15, -0.1) is 0 Å². The highest BCUT2D eigenvalue weighted by Gasteiger charge is 2.31. The van der Waals surface area contributed by atoms with Gasteiger partial charge in [0.25, 0.3) is 5.91 Å². The first kappa shape index (κ1) is 22.8. The zero-order valence-electron chi connectivity index (χ0n) is 18.9. The maximum absolute atomic E-state index is 13.0. The lowest BCUT2D eigenvalue weighted by Gasteiger charge is -2.18. The minimum Gasteiger partial charge on any atom is -0.491 e. The molecule has 1 aromatic carbocycles. The quantitative estimate of drug-likeness (QED) is 0.630. The van der Waals surface area contributed by atoms with Crippen LogP contribution in [0.3, 0.4) is 0 Å². The summed E-state index contributed by atoms with van der Waals surface area (Å²) in [6, 6.07) is 7.04. The van der Waals surface area contributed by atoms with Gasteiger partial charge in [0.05, 0.1) is 29.3 Å². The highest BCUT2D eigenvalue weighted by Crippen LogP contribution is 2.27. The summed E-state index contributed by atoms with van der Waals surface area (Å²) in [5.41, 5.74) is 3.29. The summed E-state index contributed by atoms with van der Waals surface area (Å²) in [6.07, 6.45) is 2.83. The normalized spacial score (nSPS) is 22.2.